The number of alkyl halides is 1. The largest absolute Gasteiger partial charge is 0.390 e. The van der Waals surface area contributed by atoms with E-state index < -0.39 is 18.3 Å². The van der Waals surface area contributed by atoms with Crippen LogP contribution in [-0.2, 0) is 4.74 Å². The lowest BCUT2D eigenvalue weighted by atomic mass is 10.0. The van der Waals surface area contributed by atoms with E-state index in [1.54, 1.807) is 23.2 Å². The average Bonchev–Trinajstić information content (AvgIpc) is 2.84. The Balaban J connectivity index is 2.62. The molecule has 0 amide bonds. The van der Waals surface area contributed by atoms with Crippen molar-refractivity contribution in [1.82, 2.24) is 0 Å². The van der Waals surface area contributed by atoms with Crippen molar-refractivity contribution in [1.29, 1.82) is 0 Å². The fourth-order valence-electron chi connectivity index (χ4n) is 1.95. The van der Waals surface area contributed by atoms with E-state index in [9.17, 15) is 10.2 Å². The molecule has 118 valence electrons. The summed E-state index contributed by atoms with van der Waals surface area (Å²) >= 11 is 9.96. The highest BCUT2D eigenvalue weighted by Gasteiger charge is 2.39. The summed E-state index contributed by atoms with van der Waals surface area (Å²) in [5.41, 5.74) is 2.88. The van der Waals surface area contributed by atoms with Gasteiger partial charge in [0.2, 0.25) is 0 Å². The van der Waals surface area contributed by atoms with E-state index >= 15 is 0 Å². The molecule has 0 aromatic rings. The third-order valence-corrected chi connectivity index (χ3v) is 5.25. The number of ether oxygens (including phenoxy) is 1. The van der Waals surface area contributed by atoms with Crippen molar-refractivity contribution in [2.45, 2.75) is 49.0 Å². The zero-order valence-corrected chi connectivity index (χ0v) is 16.4. The van der Waals surface area contributed by atoms with Gasteiger partial charge in [-0.3, -0.25) is 0 Å². The first-order valence-corrected chi connectivity index (χ1v) is 9.31. The molecule has 1 fully saturated rings. The van der Waals surface area contributed by atoms with Crippen LogP contribution < -0.4 is 0 Å². The van der Waals surface area contributed by atoms with E-state index in [4.69, 9.17) is 4.74 Å². The van der Waals surface area contributed by atoms with E-state index in [2.05, 4.69) is 53.5 Å². The van der Waals surface area contributed by atoms with Crippen LogP contribution in [0.3, 0.4) is 0 Å². The highest BCUT2D eigenvalue weighted by atomic mass is 79.9. The Hall–Kier alpha value is 0.320. The quantitative estimate of drug-likeness (QED) is 0.340. The smallest absolute Gasteiger partial charge is 0.0996 e. The molecule has 21 heavy (non-hydrogen) atoms. The van der Waals surface area contributed by atoms with Gasteiger partial charge in [0.25, 0.3) is 0 Å². The minimum Gasteiger partial charge on any atom is -0.390 e. The van der Waals surface area contributed by atoms with Crippen LogP contribution in [0.4, 0.5) is 0 Å². The lowest BCUT2D eigenvalue weighted by Crippen LogP contribution is -2.37. The van der Waals surface area contributed by atoms with E-state index in [1.165, 1.54) is 0 Å². The molecule has 3 nitrogen and oxygen atoms in total. The summed E-state index contributed by atoms with van der Waals surface area (Å²) in [6.07, 6.45) is 6.50. The lowest BCUT2D eigenvalue weighted by molar-refractivity contribution is 0.00627. The molecular weight excluding hydrogens is 468 g/mol. The third-order valence-electron chi connectivity index (χ3n) is 3.09. The second-order valence-electron chi connectivity index (χ2n) is 4.67. The van der Waals surface area contributed by atoms with Gasteiger partial charge in [-0.2, -0.15) is 0 Å². The molecule has 5 atom stereocenters. The minimum atomic E-state index is -0.743. The number of hydrogen-bond donors (Lipinski definition) is 2. The molecular formula is C15H19Br3O3. The van der Waals surface area contributed by atoms with Crippen LogP contribution in [0.15, 0.2) is 39.5 Å². The van der Waals surface area contributed by atoms with Crippen LogP contribution in [-0.4, -0.2) is 39.5 Å². The number of hydrogen-bond acceptors (Lipinski definition) is 3. The Morgan fingerprint density at radius 2 is 2.24 bits per heavy atom. The molecule has 1 aliphatic rings. The monoisotopic (exact) mass is 484 g/mol. The summed E-state index contributed by atoms with van der Waals surface area (Å²) in [5, 5.41) is 20.2. The van der Waals surface area contributed by atoms with Gasteiger partial charge in [-0.25, -0.2) is 0 Å². The molecule has 0 aromatic carbocycles. The first kappa shape index (κ1) is 19.4. The van der Waals surface area contributed by atoms with E-state index in [0.717, 1.165) is 10.9 Å². The summed E-state index contributed by atoms with van der Waals surface area (Å²) in [5.74, 6) is 0. The maximum Gasteiger partial charge on any atom is 0.0996 e. The van der Waals surface area contributed by atoms with Gasteiger partial charge in [0.1, 0.15) is 0 Å². The van der Waals surface area contributed by atoms with Crippen molar-refractivity contribution in [3.8, 4) is 0 Å². The van der Waals surface area contributed by atoms with E-state index in [0.29, 0.717) is 6.42 Å². The van der Waals surface area contributed by atoms with Crippen molar-refractivity contribution >= 4 is 47.8 Å². The van der Waals surface area contributed by atoms with Gasteiger partial charge in [0.05, 0.1) is 29.2 Å². The molecule has 0 aliphatic carbocycles. The van der Waals surface area contributed by atoms with Gasteiger partial charge < -0.3 is 14.9 Å². The first-order valence-electron chi connectivity index (χ1n) is 6.69. The van der Waals surface area contributed by atoms with Gasteiger partial charge in [-0.1, -0.05) is 72.9 Å². The van der Waals surface area contributed by atoms with Crippen LogP contribution in [0, 0.1) is 0 Å². The Bertz CT molecular complexity index is 441. The molecule has 0 unspecified atom stereocenters. The number of rotatable bonds is 6. The summed E-state index contributed by atoms with van der Waals surface area (Å²) in [7, 11) is 0. The highest BCUT2D eigenvalue weighted by Crippen LogP contribution is 2.29. The standard InChI is InChI=1S/C15H19Br3O3/c1-2-10(17)5-3-7-12(19)14(18)15-13(20)9-11(21-15)6-4-8-16/h3,5-8,11-15,19-20H,2,9H2,1H3/b7-3+,10-5-/t4?,11-,12+,13-,14-,15+/m0/s1. The fourth-order valence-corrected chi connectivity index (χ4v) is 2.91. The zero-order chi connectivity index (χ0) is 15.8. The predicted molar refractivity (Wildman–Crippen MR) is 96.0 cm³/mol. The number of aliphatic hydroxyl groups is 2. The number of allylic oxidation sites excluding steroid dienone is 3. The summed E-state index contributed by atoms with van der Waals surface area (Å²) in [6.45, 7) is 2.04. The number of aliphatic hydroxyl groups excluding tert-OH is 2. The lowest BCUT2D eigenvalue weighted by Gasteiger charge is -2.23. The van der Waals surface area contributed by atoms with Gasteiger partial charge in [-0.15, -0.1) is 5.73 Å². The predicted octanol–water partition coefficient (Wildman–Crippen LogP) is 3.94. The Labute approximate surface area is 150 Å². The van der Waals surface area contributed by atoms with Crippen molar-refractivity contribution in [3.63, 3.8) is 0 Å². The molecule has 0 bridgehead atoms. The topological polar surface area (TPSA) is 49.7 Å². The molecule has 1 saturated heterocycles. The molecule has 1 rings (SSSR count). The fraction of sp³-hybridized carbons (Fsp3) is 0.533. The molecule has 1 heterocycles. The van der Waals surface area contributed by atoms with E-state index in [-0.39, 0.29) is 10.9 Å². The van der Waals surface area contributed by atoms with E-state index in [1.807, 2.05) is 13.0 Å². The van der Waals surface area contributed by atoms with Crippen molar-refractivity contribution < 1.29 is 14.9 Å². The molecule has 1 aliphatic heterocycles. The highest BCUT2D eigenvalue weighted by molar-refractivity contribution is 9.11. The molecule has 0 spiro atoms. The summed E-state index contributed by atoms with van der Waals surface area (Å²) in [4.78, 5) is 1.24. The summed E-state index contributed by atoms with van der Waals surface area (Å²) in [6, 6.07) is 0. The van der Waals surface area contributed by atoms with Gasteiger partial charge in [-0.05, 0) is 17.0 Å². The Morgan fingerprint density at radius 1 is 1.52 bits per heavy atom. The molecule has 0 saturated carbocycles. The molecule has 2 N–H and O–H groups in total. The van der Waals surface area contributed by atoms with Crippen molar-refractivity contribution in [3.05, 3.63) is 39.5 Å². The minimum absolute atomic E-state index is 0.191. The average molecular weight is 487 g/mol. The Morgan fingerprint density at radius 3 is 2.86 bits per heavy atom. The van der Waals surface area contributed by atoms with Crippen molar-refractivity contribution in [2.75, 3.05) is 0 Å². The van der Waals surface area contributed by atoms with Crippen molar-refractivity contribution in [2.24, 2.45) is 0 Å². The van der Waals surface area contributed by atoms with Crippen LogP contribution in [0.5, 0.6) is 0 Å². The normalized spacial score (nSPS) is 29.2. The van der Waals surface area contributed by atoms with Crippen LogP contribution in [0.1, 0.15) is 19.8 Å². The van der Waals surface area contributed by atoms with Gasteiger partial charge >= 0.3 is 0 Å². The van der Waals surface area contributed by atoms with Crippen LogP contribution in [0.25, 0.3) is 0 Å². The third kappa shape index (κ3) is 6.53. The number of halogens is 3. The second-order valence-corrected chi connectivity index (χ2v) is 7.21. The molecule has 0 aromatic heterocycles. The SMILES string of the molecule is CC/C(Br)=C/C=C/[C@@H](O)[C@H](Br)[C@@H]1O[C@@H](C=C=CBr)C[C@@H]1O. The summed E-state index contributed by atoms with van der Waals surface area (Å²) < 4.78 is 6.79. The second kappa shape index (κ2) is 10.2. The Kier molecular flexibility index (Phi) is 9.37. The van der Waals surface area contributed by atoms with Gasteiger partial charge in [0, 0.05) is 11.4 Å². The first-order chi connectivity index (χ1) is 9.99. The van der Waals surface area contributed by atoms with Gasteiger partial charge in [0.15, 0.2) is 0 Å². The van der Waals surface area contributed by atoms with Crippen LogP contribution in [0.2, 0.25) is 0 Å². The van der Waals surface area contributed by atoms with Crippen LogP contribution >= 0.6 is 47.8 Å². The maximum atomic E-state index is 10.1. The molecule has 0 radical (unpaired) electrons. The zero-order valence-electron chi connectivity index (χ0n) is 11.6. The maximum absolute atomic E-state index is 10.1. The molecule has 6 heteroatoms.